The van der Waals surface area contributed by atoms with Gasteiger partial charge in [-0.2, -0.15) is 0 Å². The number of halogens is 1. The minimum atomic E-state index is -3.88. The van der Waals surface area contributed by atoms with Crippen molar-refractivity contribution in [1.29, 1.82) is 0 Å². The number of nitrogens with two attached hydrogens (primary N) is 1. The number of nitrogens with zero attached hydrogens (tertiary/aromatic N) is 1. The summed E-state index contributed by atoms with van der Waals surface area (Å²) in [5.41, 5.74) is 5.34. The van der Waals surface area contributed by atoms with E-state index in [1.54, 1.807) is 0 Å². The summed E-state index contributed by atoms with van der Waals surface area (Å²) in [4.78, 5) is -0.479. The smallest absolute Gasteiger partial charge is 0.243 e. The van der Waals surface area contributed by atoms with E-state index in [-0.39, 0.29) is 28.7 Å². The average Bonchev–Trinajstić information content (AvgIpc) is 2.43. The first kappa shape index (κ1) is 21.3. The summed E-state index contributed by atoms with van der Waals surface area (Å²) < 4.78 is 52.3. The highest BCUT2D eigenvalue weighted by molar-refractivity contribution is 7.92. The molecule has 0 aliphatic rings. The monoisotopic (exact) mass is 371 g/mol. The zero-order valence-corrected chi connectivity index (χ0v) is 15.0. The molecule has 0 unspecified atom stereocenters. The summed E-state index contributed by atoms with van der Waals surface area (Å²) in [5.74, 6) is 0. The lowest BCUT2D eigenvalue weighted by atomic mass is 10.3. The van der Waals surface area contributed by atoms with Gasteiger partial charge in [-0.05, 0) is 31.5 Å². The molecule has 0 aliphatic carbocycles. The molecule has 0 aliphatic heterocycles. The fourth-order valence-electron chi connectivity index (χ4n) is 1.64. The maximum atomic E-state index is 12.3. The van der Waals surface area contributed by atoms with Gasteiger partial charge >= 0.3 is 0 Å². The number of hydrogen-bond acceptors (Lipinski definition) is 5. The molecule has 0 radical (unpaired) electrons. The van der Waals surface area contributed by atoms with E-state index in [9.17, 15) is 16.8 Å². The molecule has 0 saturated carbocycles. The minimum Gasteiger partial charge on any atom is -0.330 e. The van der Waals surface area contributed by atoms with Crippen molar-refractivity contribution in [1.82, 2.24) is 9.03 Å². The Kier molecular flexibility index (Phi) is 8.52. The van der Waals surface area contributed by atoms with Crippen molar-refractivity contribution in [3.8, 4) is 0 Å². The van der Waals surface area contributed by atoms with Crippen LogP contribution in [0.4, 0.5) is 0 Å². The third-order valence-corrected chi connectivity index (χ3v) is 6.34. The SMILES string of the molecule is CN(C)S(=O)(=O)c1ccccc1S(=O)(=O)NCCCCN.Cl. The van der Waals surface area contributed by atoms with Crippen molar-refractivity contribution in [3.63, 3.8) is 0 Å². The van der Waals surface area contributed by atoms with E-state index in [1.807, 2.05) is 0 Å². The predicted octanol–water partition coefficient (Wildman–Crippen LogP) is 0.376. The molecule has 0 saturated heterocycles. The molecular weight excluding hydrogens is 350 g/mol. The standard InChI is InChI=1S/C12H21N3O4S2.ClH/c1-15(2)21(18,19)12-8-4-3-7-11(12)20(16,17)14-10-6-5-9-13;/h3-4,7-8,14H,5-6,9-10,13H2,1-2H3;1H. The van der Waals surface area contributed by atoms with Crippen molar-refractivity contribution in [2.75, 3.05) is 27.2 Å². The van der Waals surface area contributed by atoms with Gasteiger partial charge in [-0.15, -0.1) is 12.4 Å². The highest BCUT2D eigenvalue weighted by Crippen LogP contribution is 2.22. The van der Waals surface area contributed by atoms with E-state index in [2.05, 4.69) is 4.72 Å². The Bertz CT molecular complexity index is 675. The van der Waals surface area contributed by atoms with Crippen LogP contribution in [-0.4, -0.2) is 48.3 Å². The molecule has 0 bridgehead atoms. The molecule has 128 valence electrons. The summed E-state index contributed by atoms with van der Waals surface area (Å²) in [7, 11) is -5.01. The van der Waals surface area contributed by atoms with Crippen LogP contribution in [0.25, 0.3) is 0 Å². The number of unbranched alkanes of at least 4 members (excludes halogenated alkanes) is 1. The molecule has 0 aromatic heterocycles. The summed E-state index contributed by atoms with van der Waals surface area (Å²) in [6.45, 7) is 0.698. The zero-order chi connectivity index (χ0) is 16.1. The van der Waals surface area contributed by atoms with Crippen LogP contribution in [-0.2, 0) is 20.0 Å². The topological polar surface area (TPSA) is 110 Å². The third kappa shape index (κ3) is 5.18. The summed E-state index contributed by atoms with van der Waals surface area (Å²) >= 11 is 0. The largest absolute Gasteiger partial charge is 0.330 e. The van der Waals surface area contributed by atoms with E-state index < -0.39 is 20.0 Å². The van der Waals surface area contributed by atoms with Gasteiger partial charge in [0.1, 0.15) is 9.79 Å². The van der Waals surface area contributed by atoms with E-state index in [0.717, 1.165) is 4.31 Å². The van der Waals surface area contributed by atoms with Gasteiger partial charge in [0.05, 0.1) is 0 Å². The molecule has 7 nitrogen and oxygen atoms in total. The number of hydrogen-bond donors (Lipinski definition) is 2. The molecule has 10 heteroatoms. The molecule has 0 heterocycles. The Balaban J connectivity index is 0.00000441. The quantitative estimate of drug-likeness (QED) is 0.642. The fourth-order valence-corrected chi connectivity index (χ4v) is 4.41. The summed E-state index contributed by atoms with van der Waals surface area (Å²) in [5, 5.41) is 0. The van der Waals surface area contributed by atoms with Gasteiger partial charge in [0, 0.05) is 20.6 Å². The van der Waals surface area contributed by atoms with Gasteiger partial charge < -0.3 is 5.73 Å². The maximum absolute atomic E-state index is 12.3. The second kappa shape index (κ2) is 8.80. The van der Waals surface area contributed by atoms with Gasteiger partial charge in [-0.3, -0.25) is 0 Å². The maximum Gasteiger partial charge on any atom is 0.243 e. The van der Waals surface area contributed by atoms with E-state index in [0.29, 0.717) is 19.4 Å². The van der Waals surface area contributed by atoms with Crippen LogP contribution < -0.4 is 10.5 Å². The van der Waals surface area contributed by atoms with E-state index in [4.69, 9.17) is 5.73 Å². The molecule has 0 spiro atoms. The van der Waals surface area contributed by atoms with Gasteiger partial charge in [0.25, 0.3) is 0 Å². The predicted molar refractivity (Wildman–Crippen MR) is 88.0 cm³/mol. The molecular formula is C12H22ClN3O4S2. The molecule has 22 heavy (non-hydrogen) atoms. The minimum absolute atomic E-state index is 0. The Labute approximate surface area is 138 Å². The Hall–Kier alpha value is -0.710. The summed E-state index contributed by atoms with van der Waals surface area (Å²) in [6.07, 6.45) is 1.29. The van der Waals surface area contributed by atoms with Crippen LogP contribution in [0.15, 0.2) is 34.1 Å². The highest BCUT2D eigenvalue weighted by atomic mass is 35.5. The first-order valence-corrected chi connectivity index (χ1v) is 9.37. The van der Waals surface area contributed by atoms with Crippen LogP contribution in [0.5, 0.6) is 0 Å². The number of benzene rings is 1. The molecule has 3 N–H and O–H groups in total. The fraction of sp³-hybridized carbons (Fsp3) is 0.500. The Morgan fingerprint density at radius 2 is 1.59 bits per heavy atom. The van der Waals surface area contributed by atoms with Crippen LogP contribution in [0.2, 0.25) is 0 Å². The first-order chi connectivity index (χ1) is 9.73. The van der Waals surface area contributed by atoms with Gasteiger partial charge in [0.15, 0.2) is 0 Å². The third-order valence-electron chi connectivity index (χ3n) is 2.82. The lowest BCUT2D eigenvalue weighted by Gasteiger charge is -2.15. The van der Waals surface area contributed by atoms with Crippen molar-refractivity contribution in [3.05, 3.63) is 24.3 Å². The average molecular weight is 372 g/mol. The van der Waals surface area contributed by atoms with Crippen LogP contribution >= 0.6 is 12.4 Å². The van der Waals surface area contributed by atoms with Gasteiger partial charge in [-0.25, -0.2) is 25.9 Å². The lowest BCUT2D eigenvalue weighted by Crippen LogP contribution is -2.29. The van der Waals surface area contributed by atoms with Crippen molar-refractivity contribution >= 4 is 32.5 Å². The summed E-state index contributed by atoms with van der Waals surface area (Å²) in [6, 6.07) is 5.54. The van der Waals surface area contributed by atoms with E-state index in [1.165, 1.54) is 38.4 Å². The van der Waals surface area contributed by atoms with Crippen LogP contribution in [0.1, 0.15) is 12.8 Å². The normalized spacial score (nSPS) is 12.2. The van der Waals surface area contributed by atoms with Crippen molar-refractivity contribution in [2.45, 2.75) is 22.6 Å². The second-order valence-corrected chi connectivity index (χ2v) is 8.48. The molecule has 1 aromatic rings. The second-order valence-electron chi connectivity index (χ2n) is 4.63. The Morgan fingerprint density at radius 3 is 2.09 bits per heavy atom. The van der Waals surface area contributed by atoms with Crippen molar-refractivity contribution < 1.29 is 16.8 Å². The highest BCUT2D eigenvalue weighted by Gasteiger charge is 2.27. The van der Waals surface area contributed by atoms with Crippen LogP contribution in [0, 0.1) is 0 Å². The zero-order valence-electron chi connectivity index (χ0n) is 12.5. The van der Waals surface area contributed by atoms with Crippen molar-refractivity contribution in [2.24, 2.45) is 5.73 Å². The molecule has 0 atom stereocenters. The first-order valence-electron chi connectivity index (χ1n) is 6.45. The van der Waals surface area contributed by atoms with Gasteiger partial charge in [0.2, 0.25) is 20.0 Å². The number of nitrogens with one attached hydrogen (secondary N) is 1. The molecule has 1 aromatic carbocycles. The number of sulfonamides is 2. The van der Waals surface area contributed by atoms with Crippen LogP contribution in [0.3, 0.4) is 0 Å². The molecule has 0 fully saturated rings. The van der Waals surface area contributed by atoms with Gasteiger partial charge in [-0.1, -0.05) is 12.1 Å². The molecule has 0 amide bonds. The Morgan fingerprint density at radius 1 is 1.05 bits per heavy atom. The van der Waals surface area contributed by atoms with E-state index >= 15 is 0 Å². The molecule has 1 rings (SSSR count). The lowest BCUT2D eigenvalue weighted by molar-refractivity contribution is 0.516. The number of rotatable bonds is 8.